The molecule has 0 aromatic heterocycles. The van der Waals surface area contributed by atoms with Gasteiger partial charge >= 0.3 is 0 Å². The van der Waals surface area contributed by atoms with Gasteiger partial charge in [0.05, 0.1) is 10.6 Å². The van der Waals surface area contributed by atoms with E-state index in [0.717, 1.165) is 5.56 Å². The predicted octanol–water partition coefficient (Wildman–Crippen LogP) is 5.01. The molecule has 0 aliphatic carbocycles. The second-order valence-corrected chi connectivity index (χ2v) is 7.86. The number of nitrogens with zero attached hydrogens (tertiary/aromatic N) is 1. The van der Waals surface area contributed by atoms with Crippen LogP contribution >= 0.6 is 11.8 Å². The Kier molecular flexibility index (Phi) is 4.77. The molecule has 0 saturated carbocycles. The van der Waals surface area contributed by atoms with Crippen molar-refractivity contribution in [3.05, 3.63) is 70.4 Å². The summed E-state index contributed by atoms with van der Waals surface area (Å²) in [5.41, 5.74) is 2.91. The van der Waals surface area contributed by atoms with Gasteiger partial charge in [-0.25, -0.2) is 9.38 Å². The number of amidine groups is 1. The second kappa shape index (κ2) is 6.84. The number of halogens is 1. The van der Waals surface area contributed by atoms with Gasteiger partial charge in [0.15, 0.2) is 5.17 Å². The molecular weight excluding hydrogens is 335 g/mol. The molecule has 0 unspecified atom stereocenters. The van der Waals surface area contributed by atoms with Crippen molar-refractivity contribution in [1.82, 2.24) is 5.32 Å². The molecule has 1 amide bonds. The van der Waals surface area contributed by atoms with Crippen LogP contribution in [-0.4, -0.2) is 11.1 Å². The third-order valence-corrected chi connectivity index (χ3v) is 4.69. The summed E-state index contributed by atoms with van der Waals surface area (Å²) in [5, 5.41) is 3.23. The highest BCUT2D eigenvalue weighted by Gasteiger charge is 2.23. The van der Waals surface area contributed by atoms with E-state index in [1.807, 2.05) is 18.2 Å². The number of nitrogens with one attached hydrogen (secondary N) is 1. The Hall–Kier alpha value is -2.40. The van der Waals surface area contributed by atoms with E-state index in [1.54, 1.807) is 12.1 Å². The fourth-order valence-corrected chi connectivity index (χ4v) is 3.19. The molecule has 128 valence electrons. The van der Waals surface area contributed by atoms with Crippen molar-refractivity contribution in [2.45, 2.75) is 26.2 Å². The van der Waals surface area contributed by atoms with Gasteiger partial charge in [0.25, 0.3) is 5.91 Å². The number of rotatable bonds is 2. The summed E-state index contributed by atoms with van der Waals surface area (Å²) in [5.74, 6) is -0.489. The maximum absolute atomic E-state index is 12.9. The van der Waals surface area contributed by atoms with Gasteiger partial charge in [-0.05, 0) is 58.6 Å². The molecule has 3 nitrogen and oxygen atoms in total. The first-order chi connectivity index (χ1) is 11.8. The van der Waals surface area contributed by atoms with Crippen molar-refractivity contribution >= 4 is 34.6 Å². The number of benzene rings is 2. The number of thioether (sulfide) groups is 1. The first-order valence-corrected chi connectivity index (χ1v) is 8.79. The molecular formula is C20H19FN2OS. The van der Waals surface area contributed by atoms with E-state index in [1.165, 1.54) is 29.5 Å². The molecule has 0 spiro atoms. The number of carbonyl (C=O) groups excluding carboxylic acids is 1. The van der Waals surface area contributed by atoms with Crippen LogP contribution < -0.4 is 5.32 Å². The molecule has 5 heteroatoms. The highest BCUT2D eigenvalue weighted by atomic mass is 32.2. The lowest BCUT2D eigenvalue weighted by Crippen LogP contribution is -2.19. The molecule has 1 saturated heterocycles. The zero-order valence-corrected chi connectivity index (χ0v) is 15.2. The lowest BCUT2D eigenvalue weighted by Gasteiger charge is -2.18. The largest absolute Gasteiger partial charge is 0.300 e. The Morgan fingerprint density at radius 3 is 2.28 bits per heavy atom. The summed E-state index contributed by atoms with van der Waals surface area (Å²) in [4.78, 5) is 17.0. The van der Waals surface area contributed by atoms with Crippen LogP contribution in [0.1, 0.15) is 31.9 Å². The molecule has 0 atom stereocenters. The highest BCUT2D eigenvalue weighted by Crippen LogP contribution is 2.29. The minimum Gasteiger partial charge on any atom is -0.300 e. The number of carbonyl (C=O) groups is 1. The van der Waals surface area contributed by atoms with E-state index in [0.29, 0.717) is 15.8 Å². The van der Waals surface area contributed by atoms with Crippen LogP contribution in [0.2, 0.25) is 0 Å². The maximum atomic E-state index is 12.9. The molecule has 2 aromatic rings. The number of aliphatic imine (C=N–C) groups is 1. The third-order valence-electron chi connectivity index (χ3n) is 3.78. The summed E-state index contributed by atoms with van der Waals surface area (Å²) < 4.78 is 12.9. The number of amides is 1. The molecule has 1 aliphatic heterocycles. The predicted molar refractivity (Wildman–Crippen MR) is 102 cm³/mol. The molecule has 3 rings (SSSR count). The van der Waals surface area contributed by atoms with E-state index in [4.69, 9.17) is 0 Å². The summed E-state index contributed by atoms with van der Waals surface area (Å²) in [6, 6.07) is 14.0. The van der Waals surface area contributed by atoms with Crippen LogP contribution in [0.4, 0.5) is 10.1 Å². The van der Waals surface area contributed by atoms with E-state index in [2.05, 4.69) is 43.2 Å². The minimum absolute atomic E-state index is 0.0974. The Balaban J connectivity index is 1.78. The van der Waals surface area contributed by atoms with E-state index < -0.39 is 0 Å². The van der Waals surface area contributed by atoms with Crippen molar-refractivity contribution < 1.29 is 9.18 Å². The molecule has 1 fully saturated rings. The second-order valence-electron chi connectivity index (χ2n) is 6.83. The fourth-order valence-electron chi connectivity index (χ4n) is 2.34. The lowest BCUT2D eigenvalue weighted by atomic mass is 9.87. The molecule has 25 heavy (non-hydrogen) atoms. The third kappa shape index (κ3) is 4.37. The Morgan fingerprint density at radius 1 is 1.04 bits per heavy atom. The van der Waals surface area contributed by atoms with Crippen molar-refractivity contribution in [3.63, 3.8) is 0 Å². The Labute approximate surface area is 151 Å². The van der Waals surface area contributed by atoms with Gasteiger partial charge in [0.1, 0.15) is 5.82 Å². The summed E-state index contributed by atoms with van der Waals surface area (Å²) in [7, 11) is 0. The molecule has 2 aromatic carbocycles. The van der Waals surface area contributed by atoms with Crippen molar-refractivity contribution in [2.24, 2.45) is 4.99 Å². The fraction of sp³-hybridized carbons (Fsp3) is 0.200. The molecule has 0 bridgehead atoms. The number of hydrogen-bond donors (Lipinski definition) is 1. The minimum atomic E-state index is -0.314. The summed E-state index contributed by atoms with van der Waals surface area (Å²) >= 11 is 1.28. The molecule has 0 radical (unpaired) electrons. The first-order valence-electron chi connectivity index (χ1n) is 7.97. The zero-order chi connectivity index (χ0) is 18.0. The van der Waals surface area contributed by atoms with Crippen LogP contribution in [0.3, 0.4) is 0 Å². The summed E-state index contributed by atoms with van der Waals surface area (Å²) in [6.45, 7) is 6.50. The summed E-state index contributed by atoms with van der Waals surface area (Å²) in [6.07, 6.45) is 1.85. The van der Waals surface area contributed by atoms with E-state index in [9.17, 15) is 9.18 Å². The zero-order valence-electron chi connectivity index (χ0n) is 14.3. The smallest absolute Gasteiger partial charge is 0.264 e. The standard InChI is InChI=1S/C20H19FN2OS/c1-20(2,3)14-6-4-13(5-7-14)12-17-18(24)23-19(25-17)22-16-10-8-15(21)9-11-16/h4-12H,1-3H3,(H,22,23,24). The van der Waals surface area contributed by atoms with E-state index >= 15 is 0 Å². The van der Waals surface area contributed by atoms with Gasteiger partial charge in [0, 0.05) is 0 Å². The van der Waals surface area contributed by atoms with Crippen LogP contribution in [-0.2, 0) is 10.2 Å². The maximum Gasteiger partial charge on any atom is 0.264 e. The van der Waals surface area contributed by atoms with Crippen LogP contribution in [0.15, 0.2) is 58.4 Å². The van der Waals surface area contributed by atoms with Crippen molar-refractivity contribution in [1.29, 1.82) is 0 Å². The van der Waals surface area contributed by atoms with Gasteiger partial charge in [-0.15, -0.1) is 0 Å². The normalized spacial score (nSPS) is 18.0. The van der Waals surface area contributed by atoms with E-state index in [-0.39, 0.29) is 17.1 Å². The average Bonchev–Trinajstić information content (AvgIpc) is 2.89. The van der Waals surface area contributed by atoms with Crippen LogP contribution in [0, 0.1) is 5.82 Å². The molecule has 1 N–H and O–H groups in total. The van der Waals surface area contributed by atoms with Crippen LogP contribution in [0.5, 0.6) is 0 Å². The SMILES string of the molecule is CC(C)(C)c1ccc(C=C2SC(=Nc3ccc(F)cc3)NC2=O)cc1. The Bertz CT molecular complexity index is 847. The topological polar surface area (TPSA) is 41.5 Å². The lowest BCUT2D eigenvalue weighted by molar-refractivity contribution is -0.115. The number of hydrogen-bond acceptors (Lipinski definition) is 3. The Morgan fingerprint density at radius 2 is 1.68 bits per heavy atom. The molecule has 1 aliphatic rings. The monoisotopic (exact) mass is 354 g/mol. The van der Waals surface area contributed by atoms with Crippen molar-refractivity contribution in [3.8, 4) is 0 Å². The van der Waals surface area contributed by atoms with Crippen molar-refractivity contribution in [2.75, 3.05) is 0 Å². The quantitative estimate of drug-likeness (QED) is 0.770. The van der Waals surface area contributed by atoms with Gasteiger partial charge in [-0.3, -0.25) is 4.79 Å². The first kappa shape index (κ1) is 17.4. The molecule has 1 heterocycles. The van der Waals surface area contributed by atoms with Crippen LogP contribution in [0.25, 0.3) is 6.08 Å². The van der Waals surface area contributed by atoms with Gasteiger partial charge in [-0.2, -0.15) is 0 Å². The van der Waals surface area contributed by atoms with Gasteiger partial charge in [0.2, 0.25) is 0 Å². The van der Waals surface area contributed by atoms with Gasteiger partial charge in [-0.1, -0.05) is 45.0 Å². The van der Waals surface area contributed by atoms with Gasteiger partial charge < -0.3 is 5.32 Å². The average molecular weight is 354 g/mol. The highest BCUT2D eigenvalue weighted by molar-refractivity contribution is 8.18.